The predicted octanol–water partition coefficient (Wildman–Crippen LogP) is 1.03. The van der Waals surface area contributed by atoms with Crippen molar-refractivity contribution in [3.63, 3.8) is 0 Å². The highest BCUT2D eigenvalue weighted by atomic mass is 79.9. The predicted molar refractivity (Wildman–Crippen MR) is 43.8 cm³/mol. The summed E-state index contributed by atoms with van der Waals surface area (Å²) in [6, 6.07) is 3.25. The third-order valence-electron chi connectivity index (χ3n) is 1.31. The number of furan rings is 1. The first kappa shape index (κ1) is 9.28. The summed E-state index contributed by atoms with van der Waals surface area (Å²) in [6.07, 6.45) is -1.41. The summed E-state index contributed by atoms with van der Waals surface area (Å²) in [5.74, 6) is -0.806. The van der Waals surface area contributed by atoms with Crippen LogP contribution in [0.5, 0.6) is 0 Å². The number of carboxylic acids is 1. The van der Waals surface area contributed by atoms with Crippen molar-refractivity contribution in [3.8, 4) is 0 Å². The molecule has 0 aliphatic heterocycles. The van der Waals surface area contributed by atoms with Crippen molar-refractivity contribution in [2.45, 2.75) is 12.5 Å². The number of carbonyl (C=O) groups is 1. The van der Waals surface area contributed by atoms with Crippen LogP contribution >= 0.6 is 15.9 Å². The molecule has 0 saturated heterocycles. The number of aliphatic hydroxyl groups is 1. The third kappa shape index (κ3) is 2.35. The van der Waals surface area contributed by atoms with Gasteiger partial charge in [0.15, 0.2) is 10.8 Å². The molecule has 0 unspecified atom stereocenters. The summed E-state index contributed by atoms with van der Waals surface area (Å²) in [5.41, 5.74) is 0. The monoisotopic (exact) mass is 234 g/mol. The lowest BCUT2D eigenvalue weighted by atomic mass is 10.2. The maximum Gasteiger partial charge on any atom is 0.332 e. The quantitative estimate of drug-likeness (QED) is 0.820. The van der Waals surface area contributed by atoms with Crippen LogP contribution < -0.4 is 0 Å². The molecular formula is C7H7BrO4. The van der Waals surface area contributed by atoms with Crippen LogP contribution in [0.3, 0.4) is 0 Å². The first-order valence-electron chi connectivity index (χ1n) is 3.24. The summed E-state index contributed by atoms with van der Waals surface area (Å²) in [7, 11) is 0. The molecular weight excluding hydrogens is 228 g/mol. The lowest BCUT2D eigenvalue weighted by molar-refractivity contribution is -0.146. The van der Waals surface area contributed by atoms with Crippen LogP contribution in [0.1, 0.15) is 5.76 Å². The molecule has 0 aromatic carbocycles. The minimum Gasteiger partial charge on any atom is -0.479 e. The molecule has 1 rings (SSSR count). The van der Waals surface area contributed by atoms with Crippen molar-refractivity contribution in [1.82, 2.24) is 0 Å². The zero-order chi connectivity index (χ0) is 9.14. The molecule has 0 radical (unpaired) electrons. The van der Waals surface area contributed by atoms with Crippen LogP contribution in [-0.2, 0) is 11.2 Å². The summed E-state index contributed by atoms with van der Waals surface area (Å²) in [4.78, 5) is 10.2. The van der Waals surface area contributed by atoms with Crippen molar-refractivity contribution in [2.24, 2.45) is 0 Å². The summed E-state index contributed by atoms with van der Waals surface area (Å²) < 4.78 is 5.52. The highest BCUT2D eigenvalue weighted by Crippen LogP contribution is 2.15. The highest BCUT2D eigenvalue weighted by molar-refractivity contribution is 9.10. The van der Waals surface area contributed by atoms with E-state index in [2.05, 4.69) is 15.9 Å². The van der Waals surface area contributed by atoms with Gasteiger partial charge in [0.1, 0.15) is 5.76 Å². The fourth-order valence-corrected chi connectivity index (χ4v) is 1.08. The van der Waals surface area contributed by atoms with Gasteiger partial charge in [-0.05, 0) is 28.1 Å². The van der Waals surface area contributed by atoms with Crippen LogP contribution in [0.25, 0.3) is 0 Å². The second-order valence-corrected chi connectivity index (χ2v) is 3.05. The van der Waals surface area contributed by atoms with Crippen LogP contribution in [0, 0.1) is 0 Å². The molecule has 0 fully saturated rings. The molecule has 0 aliphatic rings. The Morgan fingerprint density at radius 1 is 1.67 bits per heavy atom. The molecule has 66 valence electrons. The van der Waals surface area contributed by atoms with E-state index in [1.54, 1.807) is 12.1 Å². The fourth-order valence-electron chi connectivity index (χ4n) is 0.739. The van der Waals surface area contributed by atoms with Gasteiger partial charge in [-0.2, -0.15) is 0 Å². The van der Waals surface area contributed by atoms with Gasteiger partial charge < -0.3 is 14.6 Å². The smallest absolute Gasteiger partial charge is 0.332 e. The van der Waals surface area contributed by atoms with Gasteiger partial charge in [0.05, 0.1) is 0 Å². The first-order chi connectivity index (χ1) is 5.59. The third-order valence-corrected chi connectivity index (χ3v) is 1.73. The number of rotatable bonds is 3. The lowest BCUT2D eigenvalue weighted by Gasteiger charge is -2.00. The fraction of sp³-hybridized carbons (Fsp3) is 0.286. The number of hydrogen-bond donors (Lipinski definition) is 2. The molecule has 0 spiro atoms. The Kier molecular flexibility index (Phi) is 2.88. The van der Waals surface area contributed by atoms with Crippen molar-refractivity contribution < 1.29 is 19.4 Å². The Labute approximate surface area is 76.9 Å². The largest absolute Gasteiger partial charge is 0.479 e. The number of hydrogen-bond acceptors (Lipinski definition) is 3. The molecule has 1 aromatic rings. The van der Waals surface area contributed by atoms with Gasteiger partial charge in [-0.1, -0.05) is 0 Å². The average Bonchev–Trinajstić information content (AvgIpc) is 2.35. The normalized spacial score (nSPS) is 12.8. The zero-order valence-corrected chi connectivity index (χ0v) is 7.61. The van der Waals surface area contributed by atoms with Gasteiger partial charge >= 0.3 is 5.97 Å². The number of halogens is 1. The van der Waals surface area contributed by atoms with E-state index in [4.69, 9.17) is 14.6 Å². The molecule has 2 N–H and O–H groups in total. The van der Waals surface area contributed by atoms with E-state index in [1.807, 2.05) is 0 Å². The number of aliphatic carboxylic acids is 1. The molecule has 1 atom stereocenters. The van der Waals surface area contributed by atoms with E-state index in [1.165, 1.54) is 0 Å². The molecule has 5 heteroatoms. The van der Waals surface area contributed by atoms with Crippen LogP contribution in [0.2, 0.25) is 0 Å². The first-order valence-corrected chi connectivity index (χ1v) is 4.04. The second-order valence-electron chi connectivity index (χ2n) is 2.26. The average molecular weight is 235 g/mol. The van der Waals surface area contributed by atoms with E-state index in [0.717, 1.165) is 0 Å². The van der Waals surface area contributed by atoms with Crippen molar-refractivity contribution in [2.75, 3.05) is 0 Å². The standard InChI is InChI=1S/C7H7BrO4/c8-6-2-1-4(12-6)3-5(9)7(10)11/h1-2,5,9H,3H2,(H,10,11)/t5-/m0/s1. The van der Waals surface area contributed by atoms with Gasteiger partial charge in [-0.15, -0.1) is 0 Å². The van der Waals surface area contributed by atoms with Crippen molar-refractivity contribution in [3.05, 3.63) is 22.6 Å². The van der Waals surface area contributed by atoms with E-state index in [-0.39, 0.29) is 6.42 Å². The Morgan fingerprint density at radius 2 is 2.33 bits per heavy atom. The van der Waals surface area contributed by atoms with E-state index in [9.17, 15) is 4.79 Å². The molecule has 0 saturated carbocycles. The van der Waals surface area contributed by atoms with E-state index in [0.29, 0.717) is 10.4 Å². The molecule has 1 heterocycles. The second kappa shape index (κ2) is 3.73. The minimum absolute atomic E-state index is 0.0130. The van der Waals surface area contributed by atoms with Gasteiger partial charge in [-0.25, -0.2) is 4.79 Å². The van der Waals surface area contributed by atoms with Crippen LogP contribution in [0.15, 0.2) is 21.2 Å². The maximum absolute atomic E-state index is 10.2. The van der Waals surface area contributed by atoms with E-state index >= 15 is 0 Å². The Morgan fingerprint density at radius 3 is 2.75 bits per heavy atom. The zero-order valence-electron chi connectivity index (χ0n) is 6.03. The van der Waals surface area contributed by atoms with Gasteiger partial charge in [0.25, 0.3) is 0 Å². The Balaban J connectivity index is 2.58. The molecule has 12 heavy (non-hydrogen) atoms. The van der Waals surface area contributed by atoms with E-state index < -0.39 is 12.1 Å². The SMILES string of the molecule is O=C(O)[C@@H](O)Cc1ccc(Br)o1. The number of carboxylic acid groups (broad SMARTS) is 1. The maximum atomic E-state index is 10.2. The highest BCUT2D eigenvalue weighted by Gasteiger charge is 2.15. The van der Waals surface area contributed by atoms with Gasteiger partial charge in [-0.3, -0.25) is 0 Å². The molecule has 0 amide bonds. The van der Waals surface area contributed by atoms with Crippen LogP contribution in [0.4, 0.5) is 0 Å². The lowest BCUT2D eigenvalue weighted by Crippen LogP contribution is -2.21. The molecule has 4 nitrogen and oxygen atoms in total. The Bertz CT molecular complexity index is 281. The molecule has 0 bridgehead atoms. The van der Waals surface area contributed by atoms with Crippen LogP contribution in [-0.4, -0.2) is 22.3 Å². The van der Waals surface area contributed by atoms with Gasteiger partial charge in [0, 0.05) is 6.42 Å². The molecule has 0 aliphatic carbocycles. The summed E-state index contributed by atoms with van der Waals surface area (Å²) in [6.45, 7) is 0. The van der Waals surface area contributed by atoms with Gasteiger partial charge in [0.2, 0.25) is 0 Å². The van der Waals surface area contributed by atoms with Crippen molar-refractivity contribution >= 4 is 21.9 Å². The molecule has 1 aromatic heterocycles. The van der Waals surface area contributed by atoms with Crippen molar-refractivity contribution in [1.29, 1.82) is 0 Å². The summed E-state index contributed by atoms with van der Waals surface area (Å²) >= 11 is 3.06. The number of aliphatic hydroxyl groups excluding tert-OH is 1. The topological polar surface area (TPSA) is 70.7 Å². The minimum atomic E-state index is -1.40. The summed E-state index contributed by atoms with van der Waals surface area (Å²) in [5, 5.41) is 17.3. The Hall–Kier alpha value is -0.810.